The van der Waals surface area contributed by atoms with Crippen LogP contribution in [0.3, 0.4) is 0 Å². The van der Waals surface area contributed by atoms with Crippen molar-refractivity contribution in [2.45, 2.75) is 25.0 Å². The predicted octanol–water partition coefficient (Wildman–Crippen LogP) is 3.34. The standard InChI is InChI=1S/C19H21NO3S/c20-17-7-6-15(19(22)8-10-24-11-9-19)12-16(17)18(21)23-13-14-4-2-1-3-5-14/h1-7,12,22H,8-11,13,20H2. The highest BCUT2D eigenvalue weighted by Crippen LogP contribution is 2.36. The lowest BCUT2D eigenvalue weighted by Crippen LogP contribution is -2.30. The molecule has 4 nitrogen and oxygen atoms in total. The van der Waals surface area contributed by atoms with Crippen LogP contribution in [0.1, 0.15) is 34.3 Å². The number of thioether (sulfide) groups is 1. The van der Waals surface area contributed by atoms with Gasteiger partial charge in [0.05, 0.1) is 11.2 Å². The van der Waals surface area contributed by atoms with Crippen LogP contribution in [0, 0.1) is 0 Å². The van der Waals surface area contributed by atoms with E-state index in [1.165, 1.54) is 0 Å². The highest BCUT2D eigenvalue weighted by Gasteiger charge is 2.32. The molecule has 0 amide bonds. The summed E-state index contributed by atoms with van der Waals surface area (Å²) in [5, 5.41) is 10.8. The first kappa shape index (κ1) is 16.9. The van der Waals surface area contributed by atoms with Crippen LogP contribution in [-0.2, 0) is 16.9 Å². The molecule has 0 aromatic heterocycles. The molecule has 0 bridgehead atoms. The molecule has 0 atom stereocenters. The number of hydrogen-bond donors (Lipinski definition) is 2. The van der Waals surface area contributed by atoms with Crippen molar-refractivity contribution >= 4 is 23.4 Å². The molecule has 3 rings (SSSR count). The molecule has 0 saturated carbocycles. The van der Waals surface area contributed by atoms with Crippen LogP contribution >= 0.6 is 11.8 Å². The summed E-state index contributed by atoms with van der Waals surface area (Å²) in [6.07, 6.45) is 1.36. The number of rotatable bonds is 4. The number of carbonyl (C=O) groups excluding carboxylic acids is 1. The van der Waals surface area contributed by atoms with Gasteiger partial charge in [-0.25, -0.2) is 4.79 Å². The van der Waals surface area contributed by atoms with E-state index >= 15 is 0 Å². The van der Waals surface area contributed by atoms with Crippen molar-refractivity contribution in [3.05, 3.63) is 65.2 Å². The Morgan fingerprint density at radius 1 is 1.17 bits per heavy atom. The van der Waals surface area contributed by atoms with Crippen molar-refractivity contribution in [3.63, 3.8) is 0 Å². The average Bonchev–Trinajstić information content (AvgIpc) is 2.61. The highest BCUT2D eigenvalue weighted by atomic mass is 32.2. The number of nitrogens with two attached hydrogens (primary N) is 1. The molecule has 0 unspecified atom stereocenters. The predicted molar refractivity (Wildman–Crippen MR) is 96.9 cm³/mol. The molecule has 1 saturated heterocycles. The number of carbonyl (C=O) groups is 1. The van der Waals surface area contributed by atoms with E-state index in [0.717, 1.165) is 22.6 Å². The number of benzene rings is 2. The lowest BCUT2D eigenvalue weighted by Gasteiger charge is -2.32. The largest absolute Gasteiger partial charge is 0.457 e. The minimum Gasteiger partial charge on any atom is -0.457 e. The maximum atomic E-state index is 12.4. The summed E-state index contributed by atoms with van der Waals surface area (Å²) >= 11 is 1.83. The molecule has 24 heavy (non-hydrogen) atoms. The van der Waals surface area contributed by atoms with E-state index in [-0.39, 0.29) is 6.61 Å². The quantitative estimate of drug-likeness (QED) is 0.658. The van der Waals surface area contributed by atoms with Gasteiger partial charge in [0.15, 0.2) is 0 Å². The number of ether oxygens (including phenoxy) is 1. The Morgan fingerprint density at radius 2 is 1.88 bits per heavy atom. The summed E-state index contributed by atoms with van der Waals surface area (Å²) in [4.78, 5) is 12.4. The fourth-order valence-electron chi connectivity index (χ4n) is 2.82. The summed E-state index contributed by atoms with van der Waals surface area (Å²) in [6.45, 7) is 0.199. The Bertz CT molecular complexity index is 712. The zero-order valence-electron chi connectivity index (χ0n) is 13.4. The minimum atomic E-state index is -0.882. The third kappa shape index (κ3) is 3.74. The molecule has 5 heteroatoms. The van der Waals surface area contributed by atoms with Gasteiger partial charge in [-0.1, -0.05) is 36.4 Å². The zero-order chi connectivity index (χ0) is 17.0. The first-order chi connectivity index (χ1) is 11.6. The van der Waals surface area contributed by atoms with Crippen LogP contribution in [0.25, 0.3) is 0 Å². The Balaban J connectivity index is 1.77. The maximum Gasteiger partial charge on any atom is 0.340 e. The third-order valence-electron chi connectivity index (χ3n) is 4.34. The third-order valence-corrected chi connectivity index (χ3v) is 5.33. The molecule has 2 aromatic rings. The first-order valence-electron chi connectivity index (χ1n) is 8.00. The molecular weight excluding hydrogens is 322 g/mol. The molecule has 1 aliphatic rings. The SMILES string of the molecule is Nc1ccc(C2(O)CCSCC2)cc1C(=O)OCc1ccccc1. The first-order valence-corrected chi connectivity index (χ1v) is 9.15. The van der Waals surface area contributed by atoms with Crippen LogP contribution in [-0.4, -0.2) is 22.6 Å². The van der Waals surface area contributed by atoms with E-state index in [1.807, 2.05) is 42.1 Å². The fraction of sp³-hybridized carbons (Fsp3) is 0.316. The highest BCUT2D eigenvalue weighted by molar-refractivity contribution is 7.99. The number of esters is 1. The summed E-state index contributed by atoms with van der Waals surface area (Å²) < 4.78 is 5.37. The van der Waals surface area contributed by atoms with Crippen molar-refractivity contribution < 1.29 is 14.6 Å². The molecule has 0 aliphatic carbocycles. The Morgan fingerprint density at radius 3 is 2.58 bits per heavy atom. The smallest absolute Gasteiger partial charge is 0.340 e. The summed E-state index contributed by atoms with van der Waals surface area (Å²) in [7, 11) is 0. The van der Waals surface area contributed by atoms with Crippen LogP contribution in [0.5, 0.6) is 0 Å². The second-order valence-corrected chi connectivity index (χ2v) is 7.23. The van der Waals surface area contributed by atoms with Crippen LogP contribution in [0.2, 0.25) is 0 Å². The summed E-state index contributed by atoms with van der Waals surface area (Å²) in [6, 6.07) is 14.7. The monoisotopic (exact) mass is 343 g/mol. The van der Waals surface area contributed by atoms with Gasteiger partial charge in [0.1, 0.15) is 6.61 Å². The number of aliphatic hydroxyl groups is 1. The van der Waals surface area contributed by atoms with Gasteiger partial charge in [0.25, 0.3) is 0 Å². The van der Waals surface area contributed by atoms with E-state index in [4.69, 9.17) is 10.5 Å². The van der Waals surface area contributed by atoms with E-state index in [9.17, 15) is 9.90 Å². The summed E-state index contributed by atoms with van der Waals surface area (Å²) in [5.41, 5.74) is 7.40. The Kier molecular flexibility index (Phi) is 5.11. The van der Waals surface area contributed by atoms with Crippen LogP contribution < -0.4 is 5.73 Å². The molecule has 0 spiro atoms. The number of hydrogen-bond acceptors (Lipinski definition) is 5. The van der Waals surface area contributed by atoms with Gasteiger partial charge in [-0.2, -0.15) is 11.8 Å². The summed E-state index contributed by atoms with van der Waals surface area (Å²) in [5.74, 6) is 1.36. The fourth-order valence-corrected chi connectivity index (χ4v) is 3.99. The zero-order valence-corrected chi connectivity index (χ0v) is 14.2. The van der Waals surface area contributed by atoms with Gasteiger partial charge < -0.3 is 15.6 Å². The second-order valence-electron chi connectivity index (χ2n) is 6.01. The van der Waals surface area contributed by atoms with Crippen molar-refractivity contribution in [3.8, 4) is 0 Å². The van der Waals surface area contributed by atoms with Crippen LogP contribution in [0.4, 0.5) is 5.69 Å². The topological polar surface area (TPSA) is 72.5 Å². The second kappa shape index (κ2) is 7.28. The molecular formula is C19H21NO3S. The van der Waals surface area contributed by atoms with Crippen LogP contribution in [0.15, 0.2) is 48.5 Å². The van der Waals surface area contributed by atoms with E-state index < -0.39 is 11.6 Å². The van der Waals surface area contributed by atoms with Crippen molar-refractivity contribution in [1.29, 1.82) is 0 Å². The molecule has 3 N–H and O–H groups in total. The maximum absolute atomic E-state index is 12.4. The Hall–Kier alpha value is -1.98. The van der Waals surface area contributed by atoms with E-state index in [2.05, 4.69) is 0 Å². The van der Waals surface area contributed by atoms with Gasteiger partial charge in [-0.15, -0.1) is 0 Å². The molecule has 0 radical (unpaired) electrons. The van der Waals surface area contributed by atoms with Crippen molar-refractivity contribution in [1.82, 2.24) is 0 Å². The van der Waals surface area contributed by atoms with Gasteiger partial charge in [-0.3, -0.25) is 0 Å². The normalized spacial score (nSPS) is 16.5. The molecule has 1 aliphatic heterocycles. The van der Waals surface area contributed by atoms with Gasteiger partial charge in [0.2, 0.25) is 0 Å². The van der Waals surface area contributed by atoms with E-state index in [0.29, 0.717) is 24.1 Å². The van der Waals surface area contributed by atoms with Gasteiger partial charge in [-0.05, 0) is 47.6 Å². The molecule has 1 fully saturated rings. The molecule has 126 valence electrons. The average molecular weight is 343 g/mol. The number of anilines is 1. The number of nitrogen functional groups attached to an aromatic ring is 1. The van der Waals surface area contributed by atoms with Gasteiger partial charge in [0, 0.05) is 5.69 Å². The lowest BCUT2D eigenvalue weighted by molar-refractivity contribution is 0.0278. The van der Waals surface area contributed by atoms with Crippen molar-refractivity contribution in [2.24, 2.45) is 0 Å². The molecule has 1 heterocycles. The molecule has 2 aromatic carbocycles. The lowest BCUT2D eigenvalue weighted by atomic mass is 9.87. The minimum absolute atomic E-state index is 0.199. The van der Waals surface area contributed by atoms with Crippen molar-refractivity contribution in [2.75, 3.05) is 17.2 Å². The van der Waals surface area contributed by atoms with E-state index in [1.54, 1.807) is 18.2 Å². The van der Waals surface area contributed by atoms with Gasteiger partial charge >= 0.3 is 5.97 Å². The Labute approximate surface area is 146 Å².